The Morgan fingerprint density at radius 2 is 1.92 bits per heavy atom. The summed E-state index contributed by atoms with van der Waals surface area (Å²) in [6.45, 7) is 5.49. The van der Waals surface area contributed by atoms with Crippen LogP contribution in [0.5, 0.6) is 5.75 Å². The van der Waals surface area contributed by atoms with Crippen molar-refractivity contribution in [2.45, 2.75) is 39.0 Å². The van der Waals surface area contributed by atoms with Crippen LogP contribution < -0.4 is 4.74 Å². The maximum absolute atomic E-state index is 12.4. The van der Waals surface area contributed by atoms with Gasteiger partial charge in [-0.2, -0.15) is 0 Å². The number of likely N-dealkylation sites (tertiary alicyclic amines) is 1. The summed E-state index contributed by atoms with van der Waals surface area (Å²) >= 11 is 0. The van der Waals surface area contributed by atoms with E-state index in [0.29, 0.717) is 31.8 Å². The number of hydrogen-bond donors (Lipinski definition) is 0. The third kappa shape index (κ3) is 4.49. The molecule has 0 radical (unpaired) electrons. The van der Waals surface area contributed by atoms with Gasteiger partial charge < -0.3 is 14.4 Å². The molecule has 1 amide bonds. The predicted molar refractivity (Wildman–Crippen MR) is 92.0 cm³/mol. The highest BCUT2D eigenvalue weighted by atomic mass is 16.5. The fourth-order valence-electron chi connectivity index (χ4n) is 3.00. The molecular formula is C19H27NO4. The molecule has 0 unspecified atom stereocenters. The zero-order valence-electron chi connectivity index (χ0n) is 14.8. The first-order valence-electron chi connectivity index (χ1n) is 8.64. The Labute approximate surface area is 143 Å². The monoisotopic (exact) mass is 333 g/mol. The van der Waals surface area contributed by atoms with E-state index in [4.69, 9.17) is 9.47 Å². The number of piperidine rings is 1. The van der Waals surface area contributed by atoms with Gasteiger partial charge in [0.05, 0.1) is 13.0 Å². The lowest BCUT2D eigenvalue weighted by molar-refractivity contribution is -0.149. The van der Waals surface area contributed by atoms with E-state index in [9.17, 15) is 9.59 Å². The van der Waals surface area contributed by atoms with Crippen LogP contribution in [-0.2, 0) is 14.3 Å². The summed E-state index contributed by atoms with van der Waals surface area (Å²) in [6.07, 6.45) is 2.33. The molecule has 24 heavy (non-hydrogen) atoms. The summed E-state index contributed by atoms with van der Waals surface area (Å²) in [4.78, 5) is 25.7. The van der Waals surface area contributed by atoms with Gasteiger partial charge in [-0.15, -0.1) is 0 Å². The summed E-state index contributed by atoms with van der Waals surface area (Å²) in [5, 5.41) is 0. The molecule has 2 rings (SSSR count). The van der Waals surface area contributed by atoms with Crippen molar-refractivity contribution < 1.29 is 19.1 Å². The van der Waals surface area contributed by atoms with Crippen molar-refractivity contribution in [2.75, 3.05) is 26.8 Å². The minimum absolute atomic E-state index is 0.0303. The highest BCUT2D eigenvalue weighted by molar-refractivity contribution is 5.78. The summed E-state index contributed by atoms with van der Waals surface area (Å²) < 4.78 is 10.6. The van der Waals surface area contributed by atoms with Crippen molar-refractivity contribution in [3.8, 4) is 5.75 Å². The number of carbonyl (C=O) groups is 2. The average Bonchev–Trinajstić information content (AvgIpc) is 2.65. The van der Waals surface area contributed by atoms with Crippen LogP contribution in [0.3, 0.4) is 0 Å². The minimum atomic E-state index is -0.180. The van der Waals surface area contributed by atoms with E-state index in [0.717, 1.165) is 17.7 Å². The summed E-state index contributed by atoms with van der Waals surface area (Å²) in [7, 11) is 1.41. The number of benzene rings is 1. The molecule has 0 spiro atoms. The lowest BCUT2D eigenvalue weighted by Gasteiger charge is -2.30. The molecule has 5 heteroatoms. The third-order valence-electron chi connectivity index (χ3n) is 4.80. The molecule has 0 saturated carbocycles. The second-order valence-corrected chi connectivity index (χ2v) is 6.31. The van der Waals surface area contributed by atoms with E-state index in [1.807, 2.05) is 18.2 Å². The van der Waals surface area contributed by atoms with Gasteiger partial charge in [0.25, 0.3) is 5.91 Å². The van der Waals surface area contributed by atoms with Crippen molar-refractivity contribution in [3.05, 3.63) is 29.8 Å². The van der Waals surface area contributed by atoms with E-state index in [1.54, 1.807) is 4.90 Å². The smallest absolute Gasteiger partial charge is 0.308 e. The Morgan fingerprint density at radius 3 is 2.54 bits per heavy atom. The average molecular weight is 333 g/mol. The van der Waals surface area contributed by atoms with Gasteiger partial charge in [0.15, 0.2) is 6.61 Å². The van der Waals surface area contributed by atoms with Gasteiger partial charge in [-0.1, -0.05) is 32.0 Å². The fourth-order valence-corrected chi connectivity index (χ4v) is 3.00. The SMILES string of the molecule is CC[C@@H](C)c1ccccc1OCC(=O)N1CCC(C(=O)OC)CC1. The van der Waals surface area contributed by atoms with Crippen LogP contribution in [-0.4, -0.2) is 43.6 Å². The van der Waals surface area contributed by atoms with Crippen molar-refractivity contribution in [1.82, 2.24) is 4.90 Å². The van der Waals surface area contributed by atoms with E-state index < -0.39 is 0 Å². The molecule has 1 heterocycles. The van der Waals surface area contributed by atoms with E-state index in [1.165, 1.54) is 7.11 Å². The molecule has 0 bridgehead atoms. The maximum atomic E-state index is 12.4. The molecule has 0 N–H and O–H groups in total. The van der Waals surface area contributed by atoms with E-state index in [-0.39, 0.29) is 24.4 Å². The van der Waals surface area contributed by atoms with Crippen molar-refractivity contribution in [3.63, 3.8) is 0 Å². The number of hydrogen-bond acceptors (Lipinski definition) is 4. The Kier molecular flexibility index (Phi) is 6.64. The van der Waals surface area contributed by atoms with E-state index in [2.05, 4.69) is 19.9 Å². The van der Waals surface area contributed by atoms with Crippen LogP contribution in [0.25, 0.3) is 0 Å². The Hall–Kier alpha value is -2.04. The highest BCUT2D eigenvalue weighted by Crippen LogP contribution is 2.28. The molecule has 132 valence electrons. The van der Waals surface area contributed by atoms with Gasteiger partial charge in [0.1, 0.15) is 5.75 Å². The molecular weight excluding hydrogens is 306 g/mol. The third-order valence-corrected chi connectivity index (χ3v) is 4.80. The van der Waals surface area contributed by atoms with Crippen LogP contribution in [0.4, 0.5) is 0 Å². The number of para-hydroxylation sites is 1. The normalized spacial score (nSPS) is 16.5. The largest absolute Gasteiger partial charge is 0.483 e. The van der Waals surface area contributed by atoms with Crippen molar-refractivity contribution in [2.24, 2.45) is 5.92 Å². The van der Waals surface area contributed by atoms with Crippen LogP contribution in [0.15, 0.2) is 24.3 Å². The zero-order valence-corrected chi connectivity index (χ0v) is 14.8. The molecule has 0 aliphatic carbocycles. The Morgan fingerprint density at radius 1 is 1.25 bits per heavy atom. The minimum Gasteiger partial charge on any atom is -0.483 e. The maximum Gasteiger partial charge on any atom is 0.308 e. The number of amides is 1. The number of esters is 1. The number of methoxy groups -OCH3 is 1. The first-order valence-corrected chi connectivity index (χ1v) is 8.64. The molecule has 1 atom stereocenters. The van der Waals surface area contributed by atoms with Crippen LogP contribution in [0, 0.1) is 5.92 Å². The molecule has 1 fully saturated rings. The molecule has 1 aliphatic rings. The van der Waals surface area contributed by atoms with E-state index >= 15 is 0 Å². The van der Waals surface area contributed by atoms with Crippen molar-refractivity contribution >= 4 is 11.9 Å². The number of carbonyl (C=O) groups excluding carboxylic acids is 2. The molecule has 1 saturated heterocycles. The van der Waals surface area contributed by atoms with Gasteiger partial charge in [0.2, 0.25) is 0 Å². The van der Waals surface area contributed by atoms with Gasteiger partial charge in [0, 0.05) is 13.1 Å². The first-order chi connectivity index (χ1) is 11.6. The molecule has 0 aromatic heterocycles. The van der Waals surface area contributed by atoms with Gasteiger partial charge in [-0.3, -0.25) is 9.59 Å². The highest BCUT2D eigenvalue weighted by Gasteiger charge is 2.28. The summed E-state index contributed by atoms with van der Waals surface area (Å²) in [5.41, 5.74) is 1.14. The number of ether oxygens (including phenoxy) is 2. The molecule has 1 aliphatic heterocycles. The summed E-state index contributed by atoms with van der Waals surface area (Å²) in [6, 6.07) is 7.88. The zero-order chi connectivity index (χ0) is 17.5. The number of nitrogens with zero attached hydrogens (tertiary/aromatic N) is 1. The molecule has 1 aromatic rings. The standard InChI is InChI=1S/C19H27NO4/c1-4-14(2)16-7-5-6-8-17(16)24-13-18(21)20-11-9-15(10-12-20)19(22)23-3/h5-8,14-15H,4,9-13H2,1-3H3/t14-/m1/s1. The Bertz CT molecular complexity index is 564. The second-order valence-electron chi connectivity index (χ2n) is 6.31. The first kappa shape index (κ1) is 18.3. The van der Waals surface area contributed by atoms with Gasteiger partial charge in [-0.05, 0) is 36.8 Å². The van der Waals surface area contributed by atoms with Gasteiger partial charge >= 0.3 is 5.97 Å². The van der Waals surface area contributed by atoms with Crippen LogP contribution in [0.2, 0.25) is 0 Å². The fraction of sp³-hybridized carbons (Fsp3) is 0.579. The molecule has 5 nitrogen and oxygen atoms in total. The van der Waals surface area contributed by atoms with Crippen molar-refractivity contribution in [1.29, 1.82) is 0 Å². The van der Waals surface area contributed by atoms with Crippen LogP contribution >= 0.6 is 0 Å². The summed E-state index contributed by atoms with van der Waals surface area (Å²) in [5.74, 6) is 0.876. The Balaban J connectivity index is 1.87. The van der Waals surface area contributed by atoms with Crippen LogP contribution in [0.1, 0.15) is 44.6 Å². The molecule has 1 aromatic carbocycles. The quantitative estimate of drug-likeness (QED) is 0.751. The lowest BCUT2D eigenvalue weighted by Crippen LogP contribution is -2.42. The predicted octanol–water partition coefficient (Wildman–Crippen LogP) is 2.99. The lowest BCUT2D eigenvalue weighted by atomic mass is 9.97. The topological polar surface area (TPSA) is 55.8 Å². The number of rotatable bonds is 6. The van der Waals surface area contributed by atoms with Gasteiger partial charge in [-0.25, -0.2) is 0 Å². The second kappa shape index (κ2) is 8.71.